The first-order valence-corrected chi connectivity index (χ1v) is 6.93. The summed E-state index contributed by atoms with van der Waals surface area (Å²) in [5, 5.41) is 19.8. The van der Waals surface area contributed by atoms with Crippen molar-refractivity contribution in [3.63, 3.8) is 0 Å². The zero-order chi connectivity index (χ0) is 13.8. The molecule has 2 heterocycles. The zero-order valence-electron chi connectivity index (χ0n) is 11.2. The van der Waals surface area contributed by atoms with Gasteiger partial charge in [-0.15, -0.1) is 6.42 Å². The molecule has 0 aliphatic carbocycles. The van der Waals surface area contributed by atoms with Crippen LogP contribution >= 0.6 is 0 Å². The van der Waals surface area contributed by atoms with E-state index in [1.165, 1.54) is 0 Å². The maximum absolute atomic E-state index is 9.98. The van der Waals surface area contributed by atoms with Crippen LogP contribution in [0.15, 0.2) is 12.2 Å². The fraction of sp³-hybridized carbons (Fsp3) is 0.733. The predicted molar refractivity (Wildman–Crippen MR) is 71.5 cm³/mol. The summed E-state index contributed by atoms with van der Waals surface area (Å²) in [6.07, 6.45) is 9.63. The number of ether oxygens (including phenoxy) is 2. The standard InChI is InChI=1S/C15H22O4/c1-3-5-6-7-13-11(17)9-15(19-13)14-8-10(16)12(4-2)18-14/h1,5-6,10-17H,4,7-9H2,2H3/b6-5+/t10-,11-,12-,13-,14-,15-/m0/s1. The summed E-state index contributed by atoms with van der Waals surface area (Å²) in [4.78, 5) is 0. The lowest BCUT2D eigenvalue weighted by molar-refractivity contribution is -0.0732. The lowest BCUT2D eigenvalue weighted by Crippen LogP contribution is -2.26. The molecule has 2 fully saturated rings. The van der Waals surface area contributed by atoms with Gasteiger partial charge < -0.3 is 19.7 Å². The number of terminal acetylenes is 1. The molecular weight excluding hydrogens is 244 g/mol. The van der Waals surface area contributed by atoms with Crippen molar-refractivity contribution in [2.24, 2.45) is 0 Å². The van der Waals surface area contributed by atoms with Crippen LogP contribution < -0.4 is 0 Å². The van der Waals surface area contributed by atoms with Crippen molar-refractivity contribution in [2.45, 2.75) is 69.2 Å². The van der Waals surface area contributed by atoms with E-state index in [1.807, 2.05) is 13.0 Å². The van der Waals surface area contributed by atoms with Gasteiger partial charge in [-0.2, -0.15) is 0 Å². The summed E-state index contributed by atoms with van der Waals surface area (Å²) in [6.45, 7) is 1.99. The molecule has 19 heavy (non-hydrogen) atoms. The molecule has 0 unspecified atom stereocenters. The molecule has 0 aromatic heterocycles. The summed E-state index contributed by atoms with van der Waals surface area (Å²) < 4.78 is 11.6. The summed E-state index contributed by atoms with van der Waals surface area (Å²) in [5.41, 5.74) is 0. The van der Waals surface area contributed by atoms with Gasteiger partial charge in [0.25, 0.3) is 0 Å². The Balaban J connectivity index is 1.87. The van der Waals surface area contributed by atoms with E-state index in [4.69, 9.17) is 15.9 Å². The van der Waals surface area contributed by atoms with Crippen molar-refractivity contribution in [3.05, 3.63) is 12.2 Å². The van der Waals surface area contributed by atoms with E-state index in [2.05, 4.69) is 5.92 Å². The van der Waals surface area contributed by atoms with E-state index < -0.39 is 12.2 Å². The SMILES string of the molecule is C#C/C=C/C[C@@H]1O[C@H]([C@@H]2C[C@H](O)[C@H](CC)O2)C[C@@H]1O. The quantitative estimate of drug-likeness (QED) is 0.746. The van der Waals surface area contributed by atoms with Crippen molar-refractivity contribution in [3.8, 4) is 12.3 Å². The van der Waals surface area contributed by atoms with Crippen LogP contribution in [0.1, 0.15) is 32.6 Å². The normalized spacial score (nSPS) is 42.8. The Hall–Kier alpha value is -0.860. The summed E-state index contributed by atoms with van der Waals surface area (Å²) in [5.74, 6) is 2.42. The molecule has 2 N–H and O–H groups in total. The average Bonchev–Trinajstić information content (AvgIpc) is 2.93. The molecule has 0 aromatic rings. The van der Waals surface area contributed by atoms with Gasteiger partial charge >= 0.3 is 0 Å². The number of aliphatic hydroxyl groups is 2. The third-order valence-corrected chi connectivity index (χ3v) is 3.90. The molecule has 2 aliphatic rings. The number of hydrogen-bond acceptors (Lipinski definition) is 4. The van der Waals surface area contributed by atoms with Gasteiger partial charge in [0.15, 0.2) is 0 Å². The first-order chi connectivity index (χ1) is 9.15. The van der Waals surface area contributed by atoms with Gasteiger partial charge in [-0.3, -0.25) is 0 Å². The highest BCUT2D eigenvalue weighted by atomic mass is 16.6. The highest BCUT2D eigenvalue weighted by Gasteiger charge is 2.43. The molecule has 0 spiro atoms. The summed E-state index contributed by atoms with van der Waals surface area (Å²) >= 11 is 0. The Morgan fingerprint density at radius 2 is 1.74 bits per heavy atom. The van der Waals surface area contributed by atoms with E-state index in [1.54, 1.807) is 6.08 Å². The number of rotatable bonds is 4. The number of aliphatic hydroxyl groups excluding tert-OH is 2. The van der Waals surface area contributed by atoms with Crippen molar-refractivity contribution in [2.75, 3.05) is 0 Å². The van der Waals surface area contributed by atoms with Crippen molar-refractivity contribution in [1.29, 1.82) is 0 Å². The van der Waals surface area contributed by atoms with Gasteiger partial charge in [0.05, 0.1) is 36.6 Å². The lowest BCUT2D eigenvalue weighted by Gasteiger charge is -2.19. The molecule has 0 bridgehead atoms. The van der Waals surface area contributed by atoms with E-state index in [0.717, 1.165) is 6.42 Å². The van der Waals surface area contributed by atoms with Crippen LogP contribution in [0.3, 0.4) is 0 Å². The van der Waals surface area contributed by atoms with Crippen LogP contribution in [0.4, 0.5) is 0 Å². The van der Waals surface area contributed by atoms with Crippen LogP contribution in [0.2, 0.25) is 0 Å². The van der Waals surface area contributed by atoms with Crippen LogP contribution in [-0.4, -0.2) is 46.8 Å². The second-order valence-corrected chi connectivity index (χ2v) is 5.25. The van der Waals surface area contributed by atoms with Crippen molar-refractivity contribution in [1.82, 2.24) is 0 Å². The Labute approximate surface area is 114 Å². The molecule has 6 atom stereocenters. The minimum Gasteiger partial charge on any atom is -0.390 e. The van der Waals surface area contributed by atoms with Gasteiger partial charge in [-0.1, -0.05) is 18.9 Å². The van der Waals surface area contributed by atoms with E-state index in [0.29, 0.717) is 19.3 Å². The highest BCUT2D eigenvalue weighted by molar-refractivity contribution is 5.09. The van der Waals surface area contributed by atoms with Crippen molar-refractivity contribution >= 4 is 0 Å². The molecular formula is C15H22O4. The third kappa shape index (κ3) is 3.37. The van der Waals surface area contributed by atoms with Gasteiger partial charge in [-0.05, 0) is 18.9 Å². The Morgan fingerprint density at radius 3 is 2.26 bits per heavy atom. The minimum absolute atomic E-state index is 0.105. The van der Waals surface area contributed by atoms with Gasteiger partial charge in [0.2, 0.25) is 0 Å². The van der Waals surface area contributed by atoms with Gasteiger partial charge in [0, 0.05) is 12.8 Å². The second kappa shape index (κ2) is 6.53. The van der Waals surface area contributed by atoms with E-state index in [-0.39, 0.29) is 24.4 Å². The molecule has 2 aliphatic heterocycles. The first kappa shape index (κ1) is 14.5. The zero-order valence-corrected chi connectivity index (χ0v) is 11.2. The Morgan fingerprint density at radius 1 is 1.16 bits per heavy atom. The van der Waals surface area contributed by atoms with Gasteiger partial charge in [-0.25, -0.2) is 0 Å². The van der Waals surface area contributed by atoms with Crippen LogP contribution in [-0.2, 0) is 9.47 Å². The maximum atomic E-state index is 9.98. The van der Waals surface area contributed by atoms with Crippen LogP contribution in [0.5, 0.6) is 0 Å². The Kier molecular flexibility index (Phi) is 5.00. The smallest absolute Gasteiger partial charge is 0.0874 e. The van der Waals surface area contributed by atoms with E-state index in [9.17, 15) is 10.2 Å². The van der Waals surface area contributed by atoms with Crippen molar-refractivity contribution < 1.29 is 19.7 Å². The number of hydrogen-bond donors (Lipinski definition) is 2. The molecule has 2 saturated heterocycles. The molecule has 4 heteroatoms. The minimum atomic E-state index is -0.492. The highest BCUT2D eigenvalue weighted by Crippen LogP contribution is 2.33. The number of allylic oxidation sites excluding steroid dienone is 1. The topological polar surface area (TPSA) is 58.9 Å². The van der Waals surface area contributed by atoms with Crippen LogP contribution in [0, 0.1) is 12.3 Å². The fourth-order valence-electron chi connectivity index (χ4n) is 2.85. The average molecular weight is 266 g/mol. The molecule has 0 amide bonds. The lowest BCUT2D eigenvalue weighted by atomic mass is 10.0. The van der Waals surface area contributed by atoms with E-state index >= 15 is 0 Å². The third-order valence-electron chi connectivity index (χ3n) is 3.90. The predicted octanol–water partition coefficient (Wildman–Crippen LogP) is 1.01. The summed E-state index contributed by atoms with van der Waals surface area (Å²) in [7, 11) is 0. The molecule has 0 aromatic carbocycles. The molecule has 0 saturated carbocycles. The van der Waals surface area contributed by atoms with Crippen LogP contribution in [0.25, 0.3) is 0 Å². The Bertz CT molecular complexity index is 360. The molecule has 4 nitrogen and oxygen atoms in total. The monoisotopic (exact) mass is 266 g/mol. The maximum Gasteiger partial charge on any atom is 0.0874 e. The first-order valence-electron chi connectivity index (χ1n) is 6.93. The molecule has 0 radical (unpaired) electrons. The summed E-state index contributed by atoms with van der Waals surface area (Å²) in [6, 6.07) is 0. The fourth-order valence-corrected chi connectivity index (χ4v) is 2.85. The van der Waals surface area contributed by atoms with Gasteiger partial charge in [0.1, 0.15) is 0 Å². The molecule has 106 valence electrons. The second-order valence-electron chi connectivity index (χ2n) is 5.25. The largest absolute Gasteiger partial charge is 0.390 e. The molecule has 2 rings (SSSR count).